The topological polar surface area (TPSA) is 69.7 Å². The molecule has 1 heterocycles. The Hall–Kier alpha value is -2.00. The zero-order valence-electron chi connectivity index (χ0n) is 17.1. The largest absolute Gasteiger partial charge is 0.325 e. The second kappa shape index (κ2) is 9.24. The zero-order valence-corrected chi connectivity index (χ0v) is 18.6. The quantitative estimate of drug-likeness (QED) is 0.642. The molecule has 0 bridgehead atoms. The minimum atomic E-state index is -3.48. The third-order valence-corrected chi connectivity index (χ3v) is 7.94. The van der Waals surface area contributed by atoms with Crippen LogP contribution in [0.1, 0.15) is 31.2 Å². The smallest absolute Gasteiger partial charge is 0.243 e. The van der Waals surface area contributed by atoms with Crippen LogP contribution in [-0.2, 0) is 21.4 Å². The van der Waals surface area contributed by atoms with Gasteiger partial charge in [0.15, 0.2) is 0 Å². The van der Waals surface area contributed by atoms with E-state index in [-0.39, 0.29) is 35.8 Å². The number of nitrogens with one attached hydrogen (secondary N) is 1. The van der Waals surface area contributed by atoms with Gasteiger partial charge in [0.05, 0.1) is 11.4 Å². The van der Waals surface area contributed by atoms with Crippen LogP contribution in [0.4, 0.5) is 10.1 Å². The van der Waals surface area contributed by atoms with E-state index in [1.54, 1.807) is 24.3 Å². The standard InChI is InChI=1S/C22H25ClFN3O3S/c23-20-4-3-5-21(24)19(20)14-26(17-8-9-17)15-22(28)25-16-6-10-18(11-7-16)31(29,30)27-12-1-2-13-27/h3-7,10-11,17H,1-2,8-9,12-15H2,(H,25,28). The van der Waals surface area contributed by atoms with Crippen LogP contribution < -0.4 is 5.32 Å². The number of sulfonamides is 1. The van der Waals surface area contributed by atoms with Gasteiger partial charge in [0, 0.05) is 41.9 Å². The normalized spacial score (nSPS) is 17.3. The van der Waals surface area contributed by atoms with E-state index in [1.807, 2.05) is 4.90 Å². The number of halogens is 2. The Kier molecular flexibility index (Phi) is 6.62. The van der Waals surface area contributed by atoms with Crippen LogP contribution in [0.5, 0.6) is 0 Å². The van der Waals surface area contributed by atoms with E-state index < -0.39 is 10.0 Å². The molecule has 1 aliphatic carbocycles. The van der Waals surface area contributed by atoms with E-state index >= 15 is 0 Å². The Bertz CT molecular complexity index is 1030. The van der Waals surface area contributed by atoms with Gasteiger partial charge in [0.2, 0.25) is 15.9 Å². The number of nitrogens with zero attached hydrogens (tertiary/aromatic N) is 2. The third kappa shape index (κ3) is 5.26. The number of anilines is 1. The van der Waals surface area contributed by atoms with Gasteiger partial charge < -0.3 is 5.32 Å². The van der Waals surface area contributed by atoms with E-state index in [9.17, 15) is 17.6 Å². The number of rotatable bonds is 8. The molecule has 1 N–H and O–H groups in total. The van der Waals surface area contributed by atoms with Crippen LogP contribution in [0.25, 0.3) is 0 Å². The fourth-order valence-corrected chi connectivity index (χ4v) is 5.55. The number of carbonyl (C=O) groups excluding carboxylic acids is 1. The lowest BCUT2D eigenvalue weighted by atomic mass is 10.2. The maximum Gasteiger partial charge on any atom is 0.243 e. The van der Waals surface area contributed by atoms with Gasteiger partial charge in [0.1, 0.15) is 5.82 Å². The van der Waals surface area contributed by atoms with Crippen LogP contribution >= 0.6 is 11.6 Å². The Morgan fingerprint density at radius 3 is 2.42 bits per heavy atom. The van der Waals surface area contributed by atoms with Crippen molar-refractivity contribution in [2.75, 3.05) is 25.0 Å². The lowest BCUT2D eigenvalue weighted by molar-refractivity contribution is -0.117. The Balaban J connectivity index is 1.39. The number of amides is 1. The second-order valence-corrected chi connectivity index (χ2v) is 10.4. The van der Waals surface area contributed by atoms with Crippen molar-refractivity contribution in [1.82, 2.24) is 9.21 Å². The summed E-state index contributed by atoms with van der Waals surface area (Å²) in [6, 6.07) is 11.0. The van der Waals surface area contributed by atoms with E-state index in [0.717, 1.165) is 25.7 Å². The van der Waals surface area contributed by atoms with Gasteiger partial charge in [-0.05, 0) is 62.1 Å². The van der Waals surface area contributed by atoms with Crippen LogP contribution in [0, 0.1) is 5.82 Å². The van der Waals surface area contributed by atoms with E-state index in [0.29, 0.717) is 29.4 Å². The van der Waals surface area contributed by atoms with Crippen LogP contribution in [0.2, 0.25) is 5.02 Å². The summed E-state index contributed by atoms with van der Waals surface area (Å²) in [6.45, 7) is 1.45. The minimum Gasteiger partial charge on any atom is -0.325 e. The van der Waals surface area contributed by atoms with Gasteiger partial charge in [-0.25, -0.2) is 12.8 Å². The maximum absolute atomic E-state index is 14.2. The highest BCUT2D eigenvalue weighted by atomic mass is 35.5. The Morgan fingerprint density at radius 2 is 1.81 bits per heavy atom. The molecule has 1 saturated heterocycles. The SMILES string of the molecule is O=C(CN(Cc1c(F)cccc1Cl)C1CC1)Nc1ccc(S(=O)(=O)N2CCCC2)cc1. The highest BCUT2D eigenvalue weighted by molar-refractivity contribution is 7.89. The summed E-state index contributed by atoms with van der Waals surface area (Å²) < 4.78 is 40.9. The van der Waals surface area contributed by atoms with Crippen molar-refractivity contribution in [2.45, 2.75) is 43.2 Å². The number of carbonyl (C=O) groups is 1. The van der Waals surface area contributed by atoms with Crippen molar-refractivity contribution in [3.63, 3.8) is 0 Å². The predicted molar refractivity (Wildman–Crippen MR) is 118 cm³/mol. The molecule has 0 radical (unpaired) electrons. The third-order valence-electron chi connectivity index (χ3n) is 5.67. The van der Waals surface area contributed by atoms with Gasteiger partial charge in [-0.3, -0.25) is 9.69 Å². The molecule has 0 aromatic heterocycles. The van der Waals surface area contributed by atoms with Crippen LogP contribution in [0.15, 0.2) is 47.4 Å². The molecule has 2 aliphatic rings. The van der Waals surface area contributed by atoms with Crippen molar-refractivity contribution >= 4 is 33.2 Å². The minimum absolute atomic E-state index is 0.100. The van der Waals surface area contributed by atoms with Crippen molar-refractivity contribution in [2.24, 2.45) is 0 Å². The zero-order chi connectivity index (χ0) is 22.0. The first kappa shape index (κ1) is 22.2. The molecular formula is C22H25ClFN3O3S. The summed E-state index contributed by atoms with van der Waals surface area (Å²) in [5.74, 6) is -0.622. The van der Waals surface area contributed by atoms with Crippen LogP contribution in [-0.4, -0.2) is 49.2 Å². The average Bonchev–Trinajstić information content (AvgIpc) is 3.43. The molecule has 0 atom stereocenters. The summed E-state index contributed by atoms with van der Waals surface area (Å²) in [7, 11) is -3.48. The fraction of sp³-hybridized carbons (Fsp3) is 0.409. The molecule has 2 aromatic rings. The van der Waals surface area contributed by atoms with Crippen molar-refractivity contribution in [3.8, 4) is 0 Å². The fourth-order valence-electron chi connectivity index (χ4n) is 3.81. The summed E-state index contributed by atoms with van der Waals surface area (Å²) in [5, 5.41) is 3.15. The van der Waals surface area contributed by atoms with Gasteiger partial charge in [0.25, 0.3) is 0 Å². The molecule has 9 heteroatoms. The lowest BCUT2D eigenvalue weighted by Crippen LogP contribution is -2.34. The van der Waals surface area contributed by atoms with Crippen molar-refractivity contribution in [3.05, 3.63) is 58.9 Å². The van der Waals surface area contributed by atoms with E-state index in [4.69, 9.17) is 11.6 Å². The molecule has 2 fully saturated rings. The van der Waals surface area contributed by atoms with Gasteiger partial charge in [-0.15, -0.1) is 0 Å². The van der Waals surface area contributed by atoms with Crippen molar-refractivity contribution in [1.29, 1.82) is 0 Å². The van der Waals surface area contributed by atoms with Crippen molar-refractivity contribution < 1.29 is 17.6 Å². The van der Waals surface area contributed by atoms with E-state index in [2.05, 4.69) is 5.32 Å². The number of benzene rings is 2. The average molecular weight is 466 g/mol. The summed E-state index contributed by atoms with van der Waals surface area (Å²) in [4.78, 5) is 14.7. The van der Waals surface area contributed by atoms with Gasteiger partial charge in [-0.1, -0.05) is 17.7 Å². The monoisotopic (exact) mass is 465 g/mol. The van der Waals surface area contributed by atoms with Gasteiger partial charge >= 0.3 is 0 Å². The first-order chi connectivity index (χ1) is 14.8. The van der Waals surface area contributed by atoms with Crippen LogP contribution in [0.3, 0.4) is 0 Å². The van der Waals surface area contributed by atoms with E-state index in [1.165, 1.54) is 22.5 Å². The number of hydrogen-bond donors (Lipinski definition) is 1. The molecular weight excluding hydrogens is 441 g/mol. The summed E-state index contributed by atoms with van der Waals surface area (Å²) >= 11 is 6.14. The molecule has 0 spiro atoms. The first-order valence-corrected chi connectivity index (χ1v) is 12.2. The molecule has 1 aliphatic heterocycles. The maximum atomic E-state index is 14.2. The molecule has 166 valence electrons. The second-order valence-electron chi connectivity index (χ2n) is 8.02. The molecule has 2 aromatic carbocycles. The van der Waals surface area contributed by atoms with Gasteiger partial charge in [-0.2, -0.15) is 4.31 Å². The molecule has 4 rings (SSSR count). The highest BCUT2D eigenvalue weighted by Gasteiger charge is 2.31. The summed E-state index contributed by atoms with van der Waals surface area (Å²) in [5.41, 5.74) is 0.908. The number of hydrogen-bond acceptors (Lipinski definition) is 4. The molecule has 0 unspecified atom stereocenters. The first-order valence-electron chi connectivity index (χ1n) is 10.4. The Labute approximate surface area is 187 Å². The molecule has 1 saturated carbocycles. The summed E-state index contributed by atoms with van der Waals surface area (Å²) in [6.07, 6.45) is 3.68. The highest BCUT2D eigenvalue weighted by Crippen LogP contribution is 2.30. The molecule has 31 heavy (non-hydrogen) atoms. The predicted octanol–water partition coefficient (Wildman–Crippen LogP) is 3.87. The lowest BCUT2D eigenvalue weighted by Gasteiger charge is -2.22. The molecule has 1 amide bonds. The molecule has 6 nitrogen and oxygen atoms in total. The Morgan fingerprint density at radius 1 is 1.13 bits per heavy atom.